The quantitative estimate of drug-likeness (QED) is 0.567. The van der Waals surface area contributed by atoms with Crippen molar-refractivity contribution in [2.45, 2.75) is 52.1 Å². The van der Waals surface area contributed by atoms with Gasteiger partial charge in [-0.2, -0.15) is 0 Å². The summed E-state index contributed by atoms with van der Waals surface area (Å²) in [6.45, 7) is 3.84. The van der Waals surface area contributed by atoms with E-state index in [0.29, 0.717) is 6.42 Å². The fourth-order valence-corrected chi connectivity index (χ4v) is 2.24. The summed E-state index contributed by atoms with van der Waals surface area (Å²) in [5, 5.41) is 2.67. The van der Waals surface area contributed by atoms with Gasteiger partial charge in [-0.1, -0.05) is 13.3 Å². The number of carbonyl (C=O) groups is 1. The normalized spacial score (nSPS) is 12.0. The summed E-state index contributed by atoms with van der Waals surface area (Å²) in [5.41, 5.74) is 3.80. The molecule has 1 unspecified atom stereocenters. The van der Waals surface area contributed by atoms with Gasteiger partial charge < -0.3 is 10.5 Å². The van der Waals surface area contributed by atoms with Crippen molar-refractivity contribution < 1.29 is 9.53 Å². The molecule has 0 amide bonds. The molecule has 0 aromatic carbocycles. The van der Waals surface area contributed by atoms with Crippen molar-refractivity contribution in [3.63, 3.8) is 0 Å². The van der Waals surface area contributed by atoms with Crippen molar-refractivity contribution in [1.29, 1.82) is 0 Å². The van der Waals surface area contributed by atoms with E-state index >= 15 is 0 Å². The lowest BCUT2D eigenvalue weighted by Crippen LogP contribution is -2.42. The van der Waals surface area contributed by atoms with Crippen LogP contribution in [0.1, 0.15) is 45.6 Å². The van der Waals surface area contributed by atoms with Crippen molar-refractivity contribution >= 4 is 17.5 Å². The van der Waals surface area contributed by atoms with Crippen LogP contribution >= 0.6 is 0 Å². The van der Waals surface area contributed by atoms with Crippen LogP contribution in [-0.2, 0) is 16.1 Å². The van der Waals surface area contributed by atoms with Gasteiger partial charge in [0.25, 0.3) is 5.56 Å². The lowest BCUT2D eigenvalue weighted by molar-refractivity contribution is -0.140. The Labute approximate surface area is 133 Å². The number of anilines is 1. The van der Waals surface area contributed by atoms with Gasteiger partial charge in [0, 0.05) is 19.0 Å². The largest absolute Gasteiger partial charge is 0.469 e. The topological polar surface area (TPSA) is 126 Å². The third kappa shape index (κ3) is 4.05. The molecule has 0 spiro atoms. The number of nitrogen functional groups attached to an aromatic ring is 1. The maximum atomic E-state index is 12.5. The van der Waals surface area contributed by atoms with Crippen LogP contribution in [-0.4, -0.2) is 22.2 Å². The highest BCUT2D eigenvalue weighted by Gasteiger charge is 2.21. The molecule has 0 fully saturated rings. The van der Waals surface area contributed by atoms with Gasteiger partial charge in [0.1, 0.15) is 5.82 Å². The summed E-state index contributed by atoms with van der Waals surface area (Å²) < 4.78 is 6.64. The van der Waals surface area contributed by atoms with Crippen LogP contribution in [0.5, 0.6) is 0 Å². The zero-order chi connectivity index (χ0) is 17.6. The van der Waals surface area contributed by atoms with Crippen LogP contribution in [0.25, 0.3) is 0 Å². The number of nitrogens with two attached hydrogens (primary N) is 1. The molecule has 1 aromatic rings. The second kappa shape index (κ2) is 8.25. The van der Waals surface area contributed by atoms with E-state index in [4.69, 9.17) is 5.73 Å². The van der Waals surface area contributed by atoms with Crippen LogP contribution in [0.15, 0.2) is 14.8 Å². The maximum absolute atomic E-state index is 12.5. The number of rotatable bonds is 8. The molecule has 0 saturated heterocycles. The van der Waals surface area contributed by atoms with E-state index in [0.717, 1.165) is 11.0 Å². The van der Waals surface area contributed by atoms with E-state index in [1.165, 1.54) is 11.7 Å². The van der Waals surface area contributed by atoms with Gasteiger partial charge in [-0.25, -0.2) is 4.79 Å². The summed E-state index contributed by atoms with van der Waals surface area (Å²) in [5.74, 6) is -0.666. The van der Waals surface area contributed by atoms with Gasteiger partial charge in [0.15, 0.2) is 0 Å². The maximum Gasteiger partial charge on any atom is 0.332 e. The molecule has 0 bridgehead atoms. The molecular formula is C14H22N4O5. The molecule has 1 atom stereocenters. The number of ether oxygens (including phenoxy) is 1. The van der Waals surface area contributed by atoms with E-state index in [-0.39, 0.29) is 25.2 Å². The monoisotopic (exact) mass is 326 g/mol. The van der Waals surface area contributed by atoms with Gasteiger partial charge >= 0.3 is 11.7 Å². The highest BCUT2D eigenvalue weighted by Crippen LogP contribution is 2.17. The van der Waals surface area contributed by atoms with Crippen LogP contribution in [0.4, 0.5) is 11.5 Å². The first-order valence-corrected chi connectivity index (χ1v) is 7.43. The Kier molecular flexibility index (Phi) is 6.67. The van der Waals surface area contributed by atoms with E-state index in [9.17, 15) is 19.3 Å². The number of nitroso groups, excluding NO2 is 1. The second-order valence-electron chi connectivity index (χ2n) is 5.25. The zero-order valence-electron chi connectivity index (χ0n) is 13.6. The van der Waals surface area contributed by atoms with E-state index in [1.807, 2.05) is 6.92 Å². The minimum Gasteiger partial charge on any atom is -0.469 e. The van der Waals surface area contributed by atoms with Gasteiger partial charge in [-0.3, -0.25) is 18.7 Å². The first kappa shape index (κ1) is 18.6. The summed E-state index contributed by atoms with van der Waals surface area (Å²) in [4.78, 5) is 47.0. The molecule has 1 aromatic heterocycles. The molecule has 0 radical (unpaired) electrons. The van der Waals surface area contributed by atoms with Crippen molar-refractivity contribution in [1.82, 2.24) is 9.13 Å². The third-order valence-corrected chi connectivity index (χ3v) is 3.65. The average Bonchev–Trinajstić information content (AvgIpc) is 2.52. The van der Waals surface area contributed by atoms with Crippen LogP contribution < -0.4 is 17.0 Å². The Balaban J connectivity index is 3.35. The molecule has 0 aliphatic carbocycles. The molecule has 2 N–H and O–H groups in total. The predicted octanol–water partition coefficient (Wildman–Crippen LogP) is 1.30. The van der Waals surface area contributed by atoms with Crippen LogP contribution in [0.3, 0.4) is 0 Å². The SMILES string of the molecule is CCCCn1c(N)c(N=O)c(=O)n(C(C)CCC(=O)OC)c1=O. The molecule has 1 heterocycles. The molecule has 23 heavy (non-hydrogen) atoms. The molecule has 0 aliphatic heterocycles. The molecule has 9 nitrogen and oxygen atoms in total. The van der Waals surface area contributed by atoms with Crippen molar-refractivity contribution in [2.75, 3.05) is 12.8 Å². The smallest absolute Gasteiger partial charge is 0.332 e. The summed E-state index contributed by atoms with van der Waals surface area (Å²) in [6.07, 6.45) is 1.74. The fourth-order valence-electron chi connectivity index (χ4n) is 2.24. The molecule has 1 rings (SSSR count). The highest BCUT2D eigenvalue weighted by atomic mass is 16.5. The number of hydrogen-bond donors (Lipinski definition) is 1. The van der Waals surface area contributed by atoms with Crippen molar-refractivity contribution in [2.24, 2.45) is 5.18 Å². The average molecular weight is 326 g/mol. The van der Waals surface area contributed by atoms with Gasteiger partial charge in [-0.15, -0.1) is 4.91 Å². The Hall–Kier alpha value is -2.45. The summed E-state index contributed by atoms with van der Waals surface area (Å²) >= 11 is 0. The number of unbranched alkanes of at least 4 members (excludes halogenated alkanes) is 1. The lowest BCUT2D eigenvalue weighted by Gasteiger charge is -2.18. The standard InChI is InChI=1S/C14H22N4O5/c1-4-5-8-17-12(15)11(16-22)13(20)18(14(17)21)9(2)6-7-10(19)23-3/h9H,4-8,15H2,1-3H3. The molecule has 128 valence electrons. The molecule has 0 saturated carbocycles. The van der Waals surface area contributed by atoms with Crippen LogP contribution in [0.2, 0.25) is 0 Å². The Bertz CT molecular complexity index is 692. The number of nitrogens with zero attached hydrogens (tertiary/aromatic N) is 3. The lowest BCUT2D eigenvalue weighted by atomic mass is 10.2. The van der Waals surface area contributed by atoms with E-state index in [1.54, 1.807) is 6.92 Å². The molecular weight excluding hydrogens is 304 g/mol. The number of hydrogen-bond acceptors (Lipinski definition) is 7. The number of aromatic nitrogens is 2. The van der Waals surface area contributed by atoms with E-state index < -0.39 is 28.9 Å². The van der Waals surface area contributed by atoms with Crippen molar-refractivity contribution in [3.8, 4) is 0 Å². The fraction of sp³-hybridized carbons (Fsp3) is 0.643. The van der Waals surface area contributed by atoms with E-state index in [2.05, 4.69) is 9.91 Å². The highest BCUT2D eigenvalue weighted by molar-refractivity contribution is 5.69. The third-order valence-electron chi connectivity index (χ3n) is 3.65. The van der Waals surface area contributed by atoms with Crippen LogP contribution in [0, 0.1) is 4.91 Å². The predicted molar refractivity (Wildman–Crippen MR) is 85.7 cm³/mol. The van der Waals surface area contributed by atoms with Crippen molar-refractivity contribution in [3.05, 3.63) is 25.7 Å². The van der Waals surface area contributed by atoms with Gasteiger partial charge in [0.05, 0.1) is 7.11 Å². The number of methoxy groups -OCH3 is 1. The van der Waals surface area contributed by atoms with Gasteiger partial charge in [0.2, 0.25) is 5.69 Å². The molecule has 9 heteroatoms. The minimum absolute atomic E-state index is 0.0483. The minimum atomic E-state index is -0.840. The summed E-state index contributed by atoms with van der Waals surface area (Å²) in [7, 11) is 1.26. The second-order valence-corrected chi connectivity index (χ2v) is 5.25. The Morgan fingerprint density at radius 2 is 2.04 bits per heavy atom. The Morgan fingerprint density at radius 3 is 2.57 bits per heavy atom. The first-order chi connectivity index (χ1) is 10.9. The number of esters is 1. The molecule has 0 aliphatic rings. The number of carbonyl (C=O) groups excluding carboxylic acids is 1. The zero-order valence-corrected chi connectivity index (χ0v) is 13.6. The Morgan fingerprint density at radius 1 is 1.39 bits per heavy atom. The first-order valence-electron chi connectivity index (χ1n) is 7.43. The summed E-state index contributed by atoms with van der Waals surface area (Å²) in [6, 6.07) is -0.594. The van der Waals surface area contributed by atoms with Gasteiger partial charge in [-0.05, 0) is 24.9 Å².